The van der Waals surface area contributed by atoms with E-state index in [4.69, 9.17) is 4.74 Å². The number of halogens is 1. The average Bonchev–Trinajstić information content (AvgIpc) is 3.25. The van der Waals surface area contributed by atoms with E-state index < -0.39 is 27.4 Å². The highest BCUT2D eigenvalue weighted by Gasteiger charge is 2.45. The van der Waals surface area contributed by atoms with Gasteiger partial charge in [-0.15, -0.1) is 0 Å². The molecule has 34 heavy (non-hydrogen) atoms. The van der Waals surface area contributed by atoms with Crippen LogP contribution in [-0.4, -0.2) is 60.9 Å². The van der Waals surface area contributed by atoms with Crippen LogP contribution in [0.5, 0.6) is 11.5 Å². The van der Waals surface area contributed by atoms with Crippen molar-refractivity contribution in [1.29, 1.82) is 0 Å². The van der Waals surface area contributed by atoms with Crippen LogP contribution in [0.25, 0.3) is 0 Å². The molecule has 1 heterocycles. The number of sulfonamides is 1. The molecule has 2 aromatic rings. The van der Waals surface area contributed by atoms with Crippen LogP contribution >= 0.6 is 27.9 Å². The maximum atomic E-state index is 13.2. The number of hydrogen-bond donors (Lipinski definition) is 3. The molecule has 0 spiro atoms. The van der Waals surface area contributed by atoms with Gasteiger partial charge in [-0.1, -0.05) is 29.8 Å². The molecule has 2 aromatic carbocycles. The zero-order valence-corrected chi connectivity index (χ0v) is 22.2. The number of benzene rings is 2. The molecule has 0 bridgehead atoms. The highest BCUT2D eigenvalue weighted by molar-refractivity contribution is 9.10. The molecule has 0 fully saturated rings. The highest BCUT2D eigenvalue weighted by Crippen LogP contribution is 2.29. The number of hydroxylamine groups is 1. The van der Waals surface area contributed by atoms with Crippen molar-refractivity contribution in [2.45, 2.75) is 24.8 Å². The molecule has 10 nitrogen and oxygen atoms in total. The van der Waals surface area contributed by atoms with Gasteiger partial charge in [0, 0.05) is 23.2 Å². The molecule has 1 atom stereocenters. The number of hydrazine groups is 1. The largest absolute Gasteiger partial charge is 0.457 e. The molecule has 184 valence electrons. The lowest BCUT2D eigenvalue weighted by molar-refractivity contribution is -0.148. The Morgan fingerprint density at radius 3 is 2.29 bits per heavy atom. The topological polar surface area (TPSA) is 124 Å². The summed E-state index contributed by atoms with van der Waals surface area (Å²) in [5.74, 6) is 0.643. The smallest absolute Gasteiger partial charge is 0.275 e. The Bertz CT molecular complexity index is 1160. The number of carbonyl (C=O) groups is 1. The number of carbonyl (C=O) groups excluding carboxylic acids is 1. The van der Waals surface area contributed by atoms with Crippen LogP contribution in [0.1, 0.15) is 13.8 Å². The second-order valence-electron chi connectivity index (χ2n) is 8.06. The molecule has 0 radical (unpaired) electrons. The van der Waals surface area contributed by atoms with Crippen LogP contribution < -0.4 is 14.9 Å². The van der Waals surface area contributed by atoms with Gasteiger partial charge in [-0.2, -0.15) is 9.19 Å². The molecular formula is C21H26BrN5O5S2. The average molecular weight is 573 g/mol. The Balaban J connectivity index is 1.84. The van der Waals surface area contributed by atoms with Gasteiger partial charge >= 0.3 is 0 Å². The molecule has 0 saturated carbocycles. The van der Waals surface area contributed by atoms with Crippen LogP contribution in [0.4, 0.5) is 0 Å². The fraction of sp³-hybridized carbons (Fsp3) is 0.333. The van der Waals surface area contributed by atoms with Crippen LogP contribution in [0.2, 0.25) is 0 Å². The van der Waals surface area contributed by atoms with Crippen LogP contribution in [0, 0.1) is 5.41 Å². The highest BCUT2D eigenvalue weighted by atomic mass is 79.9. The first-order valence-corrected chi connectivity index (χ1v) is 13.6. The van der Waals surface area contributed by atoms with E-state index in [2.05, 4.69) is 31.1 Å². The van der Waals surface area contributed by atoms with Gasteiger partial charge in [-0.3, -0.25) is 15.0 Å². The van der Waals surface area contributed by atoms with Crippen LogP contribution in [0.3, 0.4) is 0 Å². The molecule has 0 aromatic heterocycles. The summed E-state index contributed by atoms with van der Waals surface area (Å²) >= 11 is 4.12. The zero-order chi connectivity index (χ0) is 25.1. The minimum atomic E-state index is -4.14. The molecule has 1 amide bonds. The third kappa shape index (κ3) is 6.09. The van der Waals surface area contributed by atoms with E-state index in [1.807, 2.05) is 12.1 Å². The van der Waals surface area contributed by atoms with E-state index in [0.717, 1.165) is 16.4 Å². The lowest BCUT2D eigenvalue weighted by Gasteiger charge is -2.35. The van der Waals surface area contributed by atoms with Gasteiger partial charge in [0.15, 0.2) is 0 Å². The number of hydrogen-bond acceptors (Lipinski definition) is 9. The summed E-state index contributed by atoms with van der Waals surface area (Å²) < 4.78 is 35.9. The van der Waals surface area contributed by atoms with Crippen molar-refractivity contribution in [3.05, 3.63) is 53.0 Å². The maximum absolute atomic E-state index is 13.2. The van der Waals surface area contributed by atoms with Gasteiger partial charge in [0.2, 0.25) is 10.0 Å². The minimum Gasteiger partial charge on any atom is -0.457 e. The van der Waals surface area contributed by atoms with E-state index in [1.165, 1.54) is 30.5 Å². The number of rotatable bonds is 9. The third-order valence-electron chi connectivity index (χ3n) is 5.13. The first-order valence-electron chi connectivity index (χ1n) is 10.1. The lowest BCUT2D eigenvalue weighted by atomic mass is 9.83. The van der Waals surface area contributed by atoms with Crippen LogP contribution in [-0.2, 0) is 14.8 Å². The Morgan fingerprint density at radius 1 is 1.24 bits per heavy atom. The Hall–Kier alpha value is -2.16. The van der Waals surface area contributed by atoms with Gasteiger partial charge in [-0.25, -0.2) is 13.4 Å². The van der Waals surface area contributed by atoms with E-state index in [-0.39, 0.29) is 4.90 Å². The number of aliphatic imine (C=N–C) groups is 1. The number of ether oxygens (including phenoxy) is 1. The quantitative estimate of drug-likeness (QED) is 0.238. The van der Waals surface area contributed by atoms with Crippen molar-refractivity contribution in [3.8, 4) is 11.5 Å². The van der Waals surface area contributed by atoms with Gasteiger partial charge in [-0.05, 0) is 60.5 Å². The molecule has 3 N–H and O–H groups in total. The van der Waals surface area contributed by atoms with Gasteiger partial charge < -0.3 is 10.2 Å². The fourth-order valence-electron chi connectivity index (χ4n) is 3.17. The molecule has 13 heteroatoms. The molecule has 3 rings (SSSR count). The Labute approximate surface area is 211 Å². The van der Waals surface area contributed by atoms with Crippen molar-refractivity contribution in [2.24, 2.45) is 10.4 Å². The van der Waals surface area contributed by atoms with Gasteiger partial charge in [0.25, 0.3) is 5.91 Å². The van der Waals surface area contributed by atoms with E-state index in [1.54, 1.807) is 38.0 Å². The number of nitrogens with zero attached hydrogens (tertiary/aromatic N) is 3. The minimum absolute atomic E-state index is 0.0589. The first kappa shape index (κ1) is 26.4. The molecule has 0 aliphatic carbocycles. The molecule has 0 unspecified atom stereocenters. The summed E-state index contributed by atoms with van der Waals surface area (Å²) in [6.07, 6.45) is 1.50. The normalized spacial score (nSPS) is 15.4. The maximum Gasteiger partial charge on any atom is 0.275 e. The van der Waals surface area contributed by atoms with Crippen molar-refractivity contribution < 1.29 is 23.2 Å². The molecule has 0 saturated heterocycles. The summed E-state index contributed by atoms with van der Waals surface area (Å²) in [5, 5.41) is 11.7. The summed E-state index contributed by atoms with van der Waals surface area (Å²) in [6, 6.07) is 11.7. The molecule has 1 aliphatic heterocycles. The SMILES string of the molecule is CSN(O)C(=O)[C@@H](NS(=O)(=O)c1ccc(Oc2ccc(Br)cc2)cc1)C(C)(C)C1=NCN(C)N1. The summed E-state index contributed by atoms with van der Waals surface area (Å²) in [5.41, 5.74) is 1.91. The van der Waals surface area contributed by atoms with Gasteiger partial charge in [0.1, 0.15) is 30.0 Å². The number of amides is 1. The molecular weight excluding hydrogens is 546 g/mol. The first-order chi connectivity index (χ1) is 15.9. The van der Waals surface area contributed by atoms with Crippen molar-refractivity contribution >= 4 is 49.6 Å². The van der Waals surface area contributed by atoms with Crippen molar-refractivity contribution in [3.63, 3.8) is 0 Å². The predicted molar refractivity (Wildman–Crippen MR) is 134 cm³/mol. The van der Waals surface area contributed by atoms with Gasteiger partial charge in [0.05, 0.1) is 4.90 Å². The molecule has 1 aliphatic rings. The lowest BCUT2D eigenvalue weighted by Crippen LogP contribution is -2.58. The van der Waals surface area contributed by atoms with Crippen molar-refractivity contribution in [1.82, 2.24) is 19.6 Å². The van der Waals surface area contributed by atoms with E-state index >= 15 is 0 Å². The van der Waals surface area contributed by atoms with Crippen LogP contribution in [0.15, 0.2) is 62.9 Å². The zero-order valence-electron chi connectivity index (χ0n) is 19.0. The standard InChI is InChI=1S/C21H26BrN5O5S2/c1-21(2,20-23-13-26(3)24-20)18(19(28)27(29)33-4)25-34(30,31)17-11-9-16(10-12-17)32-15-7-5-14(22)6-8-15/h5-12,18,25,29H,13H2,1-4H3,(H,23,24)/t18-/m1/s1. The summed E-state index contributed by atoms with van der Waals surface area (Å²) in [7, 11) is -2.37. The Morgan fingerprint density at radius 2 is 1.79 bits per heavy atom. The van der Waals surface area contributed by atoms with E-state index in [9.17, 15) is 18.4 Å². The predicted octanol–water partition coefficient (Wildman–Crippen LogP) is 3.22. The summed E-state index contributed by atoms with van der Waals surface area (Å²) in [4.78, 5) is 17.3. The fourth-order valence-corrected chi connectivity index (χ4v) is 5.05. The second kappa shape index (κ2) is 10.6. The number of amidine groups is 1. The summed E-state index contributed by atoms with van der Waals surface area (Å²) in [6.45, 7) is 3.69. The Kier molecular flexibility index (Phi) is 8.26. The second-order valence-corrected chi connectivity index (χ2v) is 11.4. The van der Waals surface area contributed by atoms with E-state index in [0.29, 0.717) is 28.5 Å². The monoisotopic (exact) mass is 571 g/mol. The third-order valence-corrected chi connectivity index (χ3v) is 7.63. The number of nitrogens with one attached hydrogen (secondary N) is 2. The van der Waals surface area contributed by atoms with Crippen molar-refractivity contribution in [2.75, 3.05) is 20.0 Å².